The first-order chi connectivity index (χ1) is 8.59. The summed E-state index contributed by atoms with van der Waals surface area (Å²) in [4.78, 5) is 16.1. The van der Waals surface area contributed by atoms with Gasteiger partial charge in [0.15, 0.2) is 0 Å². The molecular formula is C14H21N3O. The van der Waals surface area contributed by atoms with E-state index in [0.29, 0.717) is 6.54 Å². The van der Waals surface area contributed by atoms with Crippen LogP contribution in [0, 0.1) is 0 Å². The number of benzene rings is 1. The van der Waals surface area contributed by atoms with Gasteiger partial charge in [-0.1, -0.05) is 18.2 Å². The summed E-state index contributed by atoms with van der Waals surface area (Å²) >= 11 is 0. The van der Waals surface area contributed by atoms with E-state index in [0.717, 1.165) is 18.7 Å². The Hall–Kier alpha value is -1.55. The summed E-state index contributed by atoms with van der Waals surface area (Å²) in [7, 11) is 4.00. The summed E-state index contributed by atoms with van der Waals surface area (Å²) in [6.07, 6.45) is 0.942. The second-order valence-corrected chi connectivity index (χ2v) is 5.09. The summed E-state index contributed by atoms with van der Waals surface area (Å²) < 4.78 is 0. The van der Waals surface area contributed by atoms with Crippen molar-refractivity contribution in [1.82, 2.24) is 10.2 Å². The number of fused-ring (bicyclic) bond motifs is 1. The maximum Gasteiger partial charge on any atom is 0.322 e. The molecule has 0 saturated heterocycles. The number of urea groups is 1. The molecule has 1 N–H and O–H groups in total. The first-order valence-electron chi connectivity index (χ1n) is 6.39. The van der Waals surface area contributed by atoms with Crippen molar-refractivity contribution in [2.45, 2.75) is 19.4 Å². The third kappa shape index (κ3) is 2.64. The Morgan fingerprint density at radius 2 is 2.17 bits per heavy atom. The molecule has 1 aromatic rings. The SMILES string of the molecule is CC1Cc2ccccc2N1C(=O)NCCN(C)C. The average Bonchev–Trinajstić information content (AvgIpc) is 2.64. The number of hydrogen-bond donors (Lipinski definition) is 1. The lowest BCUT2D eigenvalue weighted by molar-refractivity contribution is 0.243. The Balaban J connectivity index is 2.02. The number of amides is 2. The molecule has 98 valence electrons. The maximum atomic E-state index is 12.2. The molecule has 4 heteroatoms. The highest BCUT2D eigenvalue weighted by atomic mass is 16.2. The molecule has 2 amide bonds. The maximum absolute atomic E-state index is 12.2. The summed E-state index contributed by atoms with van der Waals surface area (Å²) in [6, 6.07) is 8.37. The number of likely N-dealkylation sites (N-methyl/N-ethyl adjacent to an activating group) is 1. The lowest BCUT2D eigenvalue weighted by atomic mass is 10.1. The van der Waals surface area contributed by atoms with E-state index in [1.807, 2.05) is 37.2 Å². The average molecular weight is 247 g/mol. The van der Waals surface area contributed by atoms with E-state index in [1.165, 1.54) is 5.56 Å². The largest absolute Gasteiger partial charge is 0.336 e. The second kappa shape index (κ2) is 5.40. The third-order valence-corrected chi connectivity index (χ3v) is 3.26. The zero-order valence-corrected chi connectivity index (χ0v) is 11.3. The van der Waals surface area contributed by atoms with Crippen LogP contribution in [-0.2, 0) is 6.42 Å². The van der Waals surface area contributed by atoms with Gasteiger partial charge in [0, 0.05) is 24.8 Å². The highest BCUT2D eigenvalue weighted by molar-refractivity contribution is 5.94. The molecule has 4 nitrogen and oxygen atoms in total. The molecule has 1 aromatic carbocycles. The first kappa shape index (κ1) is 12.9. The van der Waals surface area contributed by atoms with E-state index in [4.69, 9.17) is 0 Å². The number of anilines is 1. The van der Waals surface area contributed by atoms with Crippen LogP contribution in [0.5, 0.6) is 0 Å². The van der Waals surface area contributed by atoms with Crippen molar-refractivity contribution in [2.75, 3.05) is 32.1 Å². The van der Waals surface area contributed by atoms with Gasteiger partial charge in [0.25, 0.3) is 0 Å². The Bertz CT molecular complexity index is 431. The first-order valence-corrected chi connectivity index (χ1v) is 6.39. The normalized spacial score (nSPS) is 18.0. The summed E-state index contributed by atoms with van der Waals surface area (Å²) in [5.41, 5.74) is 2.31. The minimum absolute atomic E-state index is 0.00861. The van der Waals surface area contributed by atoms with E-state index < -0.39 is 0 Å². The molecular weight excluding hydrogens is 226 g/mol. The van der Waals surface area contributed by atoms with Gasteiger partial charge in [-0.25, -0.2) is 4.79 Å². The summed E-state index contributed by atoms with van der Waals surface area (Å²) in [5, 5.41) is 2.97. The number of para-hydroxylation sites is 1. The fourth-order valence-electron chi connectivity index (χ4n) is 2.35. The molecule has 1 heterocycles. The van der Waals surface area contributed by atoms with Crippen LogP contribution in [0.4, 0.5) is 10.5 Å². The van der Waals surface area contributed by atoms with E-state index in [9.17, 15) is 4.79 Å². The molecule has 0 saturated carbocycles. The summed E-state index contributed by atoms with van der Waals surface area (Å²) in [5.74, 6) is 0. The Labute approximate surface area is 109 Å². The fraction of sp³-hybridized carbons (Fsp3) is 0.500. The van der Waals surface area contributed by atoms with Gasteiger partial charge in [0.2, 0.25) is 0 Å². The second-order valence-electron chi connectivity index (χ2n) is 5.09. The van der Waals surface area contributed by atoms with Crippen LogP contribution in [0.3, 0.4) is 0 Å². The molecule has 0 aliphatic carbocycles. The van der Waals surface area contributed by atoms with Crippen molar-refractivity contribution < 1.29 is 4.79 Å². The number of hydrogen-bond acceptors (Lipinski definition) is 2. The van der Waals surface area contributed by atoms with Gasteiger partial charge >= 0.3 is 6.03 Å². The lowest BCUT2D eigenvalue weighted by Crippen LogP contribution is -2.45. The topological polar surface area (TPSA) is 35.6 Å². The van der Waals surface area contributed by atoms with Gasteiger partial charge in [0.1, 0.15) is 0 Å². The van der Waals surface area contributed by atoms with Crippen LogP contribution in [0.2, 0.25) is 0 Å². The molecule has 0 spiro atoms. The number of nitrogens with one attached hydrogen (secondary N) is 1. The van der Waals surface area contributed by atoms with Crippen LogP contribution in [0.1, 0.15) is 12.5 Å². The van der Waals surface area contributed by atoms with Gasteiger partial charge in [-0.3, -0.25) is 4.90 Å². The van der Waals surface area contributed by atoms with E-state index in [1.54, 1.807) is 0 Å². The highest BCUT2D eigenvalue weighted by Crippen LogP contribution is 2.31. The van der Waals surface area contributed by atoms with Crippen molar-refractivity contribution in [2.24, 2.45) is 0 Å². The van der Waals surface area contributed by atoms with Crippen molar-refractivity contribution in [3.8, 4) is 0 Å². The predicted molar refractivity (Wildman–Crippen MR) is 74.0 cm³/mol. The molecule has 0 fully saturated rings. The van der Waals surface area contributed by atoms with Crippen LogP contribution in [0.25, 0.3) is 0 Å². The molecule has 0 bridgehead atoms. The Morgan fingerprint density at radius 1 is 1.44 bits per heavy atom. The van der Waals surface area contributed by atoms with Gasteiger partial charge in [-0.2, -0.15) is 0 Å². The van der Waals surface area contributed by atoms with Gasteiger partial charge in [0.05, 0.1) is 0 Å². The van der Waals surface area contributed by atoms with E-state index in [-0.39, 0.29) is 12.1 Å². The quantitative estimate of drug-likeness (QED) is 0.882. The molecule has 18 heavy (non-hydrogen) atoms. The van der Waals surface area contributed by atoms with Crippen LogP contribution in [-0.4, -0.2) is 44.2 Å². The standard InChI is InChI=1S/C14H21N3O/c1-11-10-12-6-4-5-7-13(12)17(11)14(18)15-8-9-16(2)3/h4-7,11H,8-10H2,1-3H3,(H,15,18). The molecule has 1 unspecified atom stereocenters. The van der Waals surface area contributed by atoms with E-state index >= 15 is 0 Å². The molecule has 0 aromatic heterocycles. The monoisotopic (exact) mass is 247 g/mol. The fourth-order valence-corrected chi connectivity index (χ4v) is 2.35. The number of carbonyl (C=O) groups is 1. The highest BCUT2D eigenvalue weighted by Gasteiger charge is 2.30. The minimum atomic E-state index is 0.00861. The molecule has 1 aliphatic rings. The molecule has 1 atom stereocenters. The smallest absolute Gasteiger partial charge is 0.322 e. The zero-order chi connectivity index (χ0) is 13.1. The third-order valence-electron chi connectivity index (χ3n) is 3.26. The van der Waals surface area contributed by atoms with Crippen molar-refractivity contribution in [3.63, 3.8) is 0 Å². The molecule has 0 radical (unpaired) electrons. The van der Waals surface area contributed by atoms with Gasteiger partial charge in [-0.05, 0) is 39.1 Å². The van der Waals surface area contributed by atoms with Crippen LogP contribution >= 0.6 is 0 Å². The van der Waals surface area contributed by atoms with Crippen molar-refractivity contribution in [1.29, 1.82) is 0 Å². The van der Waals surface area contributed by atoms with Crippen molar-refractivity contribution >= 4 is 11.7 Å². The van der Waals surface area contributed by atoms with Crippen LogP contribution < -0.4 is 10.2 Å². The Kier molecular flexibility index (Phi) is 3.87. The Morgan fingerprint density at radius 3 is 2.89 bits per heavy atom. The number of nitrogens with zero attached hydrogens (tertiary/aromatic N) is 2. The van der Waals surface area contributed by atoms with Crippen LogP contribution in [0.15, 0.2) is 24.3 Å². The van der Waals surface area contributed by atoms with Gasteiger partial charge in [-0.15, -0.1) is 0 Å². The lowest BCUT2D eigenvalue weighted by Gasteiger charge is -2.23. The molecule has 1 aliphatic heterocycles. The minimum Gasteiger partial charge on any atom is -0.336 e. The zero-order valence-electron chi connectivity index (χ0n) is 11.3. The molecule has 2 rings (SSSR count). The number of carbonyl (C=O) groups excluding carboxylic acids is 1. The van der Waals surface area contributed by atoms with Crippen molar-refractivity contribution in [3.05, 3.63) is 29.8 Å². The van der Waals surface area contributed by atoms with E-state index in [2.05, 4.69) is 23.2 Å². The summed E-state index contributed by atoms with van der Waals surface area (Å²) in [6.45, 7) is 3.62. The van der Waals surface area contributed by atoms with Gasteiger partial charge < -0.3 is 10.2 Å². The predicted octanol–water partition coefficient (Wildman–Crippen LogP) is 1.71. The number of rotatable bonds is 3.